The molecule has 6 nitrogen and oxygen atoms in total. The Kier molecular flexibility index (Phi) is 4.01. The zero-order valence-electron chi connectivity index (χ0n) is 14.2. The van der Waals surface area contributed by atoms with Crippen LogP contribution in [0.2, 0.25) is 0 Å². The number of amides is 3. The van der Waals surface area contributed by atoms with Crippen molar-refractivity contribution in [1.29, 1.82) is 0 Å². The Hall–Kier alpha value is -3.41. The van der Waals surface area contributed by atoms with Crippen LogP contribution in [0.4, 0.5) is 10.5 Å². The van der Waals surface area contributed by atoms with Crippen LogP contribution in [0, 0.1) is 0 Å². The maximum Gasteiger partial charge on any atom is 0.332 e. The Balaban J connectivity index is 1.56. The first-order chi connectivity index (χ1) is 12.6. The van der Waals surface area contributed by atoms with Crippen molar-refractivity contribution in [2.24, 2.45) is 0 Å². The van der Waals surface area contributed by atoms with Crippen molar-refractivity contribution in [3.63, 3.8) is 0 Å². The van der Waals surface area contributed by atoms with Crippen LogP contribution < -0.4 is 4.90 Å². The van der Waals surface area contributed by atoms with Crippen LogP contribution >= 0.6 is 0 Å². The van der Waals surface area contributed by atoms with E-state index in [4.69, 9.17) is 4.42 Å². The molecule has 0 saturated carbocycles. The number of hydrogen-bond donors (Lipinski definition) is 0. The standard InChI is InChI=1S/C20H17N3O3/c1-14-19(24)22(20(25)23(14)16-10-6-3-7-11-16)13-18-21-12-17(26-18)15-8-4-2-5-9-15/h2-12,14H,13H2,1H3/t14-/m1/s1. The average Bonchev–Trinajstić information content (AvgIpc) is 3.23. The van der Waals surface area contributed by atoms with Crippen LogP contribution in [0.15, 0.2) is 71.3 Å². The lowest BCUT2D eigenvalue weighted by Crippen LogP contribution is -2.33. The van der Waals surface area contributed by atoms with Crippen molar-refractivity contribution < 1.29 is 14.0 Å². The molecule has 2 aromatic carbocycles. The summed E-state index contributed by atoms with van der Waals surface area (Å²) in [6.07, 6.45) is 1.61. The van der Waals surface area contributed by atoms with Gasteiger partial charge >= 0.3 is 6.03 Å². The molecule has 1 saturated heterocycles. The summed E-state index contributed by atoms with van der Waals surface area (Å²) in [7, 11) is 0. The Morgan fingerprint density at radius 3 is 2.35 bits per heavy atom. The van der Waals surface area contributed by atoms with Crippen molar-refractivity contribution >= 4 is 17.6 Å². The van der Waals surface area contributed by atoms with Crippen molar-refractivity contribution in [3.05, 3.63) is 72.8 Å². The summed E-state index contributed by atoms with van der Waals surface area (Å²) in [5.74, 6) is 0.665. The number of anilines is 1. The van der Waals surface area contributed by atoms with E-state index in [-0.39, 0.29) is 18.5 Å². The van der Waals surface area contributed by atoms with E-state index in [1.807, 2.05) is 60.7 Å². The molecule has 0 radical (unpaired) electrons. The van der Waals surface area contributed by atoms with Gasteiger partial charge in [-0.15, -0.1) is 0 Å². The highest BCUT2D eigenvalue weighted by molar-refractivity contribution is 6.13. The van der Waals surface area contributed by atoms with Crippen LogP contribution in [-0.4, -0.2) is 27.9 Å². The van der Waals surface area contributed by atoms with Gasteiger partial charge in [-0.2, -0.15) is 0 Å². The Labute approximate surface area is 150 Å². The number of imide groups is 1. The van der Waals surface area contributed by atoms with E-state index in [9.17, 15) is 9.59 Å². The average molecular weight is 347 g/mol. The van der Waals surface area contributed by atoms with Gasteiger partial charge in [0.25, 0.3) is 5.91 Å². The first-order valence-corrected chi connectivity index (χ1v) is 8.35. The van der Waals surface area contributed by atoms with E-state index in [1.165, 1.54) is 9.80 Å². The van der Waals surface area contributed by atoms with Gasteiger partial charge in [0.05, 0.1) is 6.20 Å². The third-order valence-corrected chi connectivity index (χ3v) is 4.39. The summed E-state index contributed by atoms with van der Waals surface area (Å²) in [5, 5.41) is 0. The monoisotopic (exact) mass is 347 g/mol. The summed E-state index contributed by atoms with van der Waals surface area (Å²) >= 11 is 0. The highest BCUT2D eigenvalue weighted by Gasteiger charge is 2.43. The predicted molar refractivity (Wildman–Crippen MR) is 96.3 cm³/mol. The molecule has 3 aromatic rings. The smallest absolute Gasteiger partial charge is 0.332 e. The molecule has 0 aliphatic carbocycles. The van der Waals surface area contributed by atoms with Gasteiger partial charge in [-0.1, -0.05) is 48.5 Å². The SMILES string of the molecule is C[C@@H]1C(=O)N(Cc2ncc(-c3ccccc3)o2)C(=O)N1c1ccccc1. The van der Waals surface area contributed by atoms with Crippen molar-refractivity contribution in [2.75, 3.05) is 4.90 Å². The number of aromatic nitrogens is 1. The fourth-order valence-electron chi connectivity index (χ4n) is 3.05. The summed E-state index contributed by atoms with van der Waals surface area (Å²) in [6, 6.07) is 17.8. The van der Waals surface area contributed by atoms with Gasteiger partial charge in [-0.25, -0.2) is 9.78 Å². The number of carbonyl (C=O) groups is 2. The third kappa shape index (κ3) is 2.75. The number of hydrogen-bond acceptors (Lipinski definition) is 4. The lowest BCUT2D eigenvalue weighted by atomic mass is 10.2. The van der Waals surface area contributed by atoms with Gasteiger partial charge in [0.1, 0.15) is 12.6 Å². The van der Waals surface area contributed by atoms with Crippen molar-refractivity contribution in [2.45, 2.75) is 19.5 Å². The molecule has 26 heavy (non-hydrogen) atoms. The van der Waals surface area contributed by atoms with E-state index < -0.39 is 6.04 Å². The normalized spacial score (nSPS) is 17.2. The van der Waals surface area contributed by atoms with Crippen LogP contribution in [0.3, 0.4) is 0 Å². The van der Waals surface area contributed by atoms with Crippen LogP contribution in [-0.2, 0) is 11.3 Å². The molecule has 0 bridgehead atoms. The van der Waals surface area contributed by atoms with Crippen molar-refractivity contribution in [1.82, 2.24) is 9.88 Å². The molecular weight excluding hydrogens is 330 g/mol. The van der Waals surface area contributed by atoms with E-state index in [2.05, 4.69) is 4.98 Å². The quantitative estimate of drug-likeness (QED) is 0.675. The van der Waals surface area contributed by atoms with Gasteiger partial charge in [0, 0.05) is 11.3 Å². The van der Waals surface area contributed by atoms with Crippen LogP contribution in [0.1, 0.15) is 12.8 Å². The highest BCUT2D eigenvalue weighted by Crippen LogP contribution is 2.27. The Morgan fingerprint density at radius 1 is 1.00 bits per heavy atom. The predicted octanol–water partition coefficient (Wildman–Crippen LogP) is 3.70. The molecule has 0 unspecified atom stereocenters. The lowest BCUT2D eigenvalue weighted by molar-refractivity contribution is -0.127. The number of carbonyl (C=O) groups excluding carboxylic acids is 2. The molecule has 3 amide bonds. The lowest BCUT2D eigenvalue weighted by Gasteiger charge is -2.18. The Morgan fingerprint density at radius 2 is 1.65 bits per heavy atom. The Bertz CT molecular complexity index is 937. The number of rotatable bonds is 4. The van der Waals surface area contributed by atoms with Gasteiger partial charge in [-0.05, 0) is 19.1 Å². The van der Waals surface area contributed by atoms with Crippen LogP contribution in [0.5, 0.6) is 0 Å². The van der Waals surface area contributed by atoms with Crippen LogP contribution in [0.25, 0.3) is 11.3 Å². The number of nitrogens with zero attached hydrogens (tertiary/aromatic N) is 3. The minimum atomic E-state index is -0.562. The van der Waals surface area contributed by atoms with Crippen molar-refractivity contribution in [3.8, 4) is 11.3 Å². The zero-order valence-corrected chi connectivity index (χ0v) is 14.2. The summed E-state index contributed by atoms with van der Waals surface area (Å²) < 4.78 is 5.73. The van der Waals surface area contributed by atoms with E-state index >= 15 is 0 Å². The van der Waals surface area contributed by atoms with Gasteiger partial charge in [-0.3, -0.25) is 14.6 Å². The minimum absolute atomic E-state index is 0.0121. The molecule has 1 aliphatic rings. The summed E-state index contributed by atoms with van der Waals surface area (Å²) in [6.45, 7) is 1.73. The molecule has 1 atom stereocenters. The van der Waals surface area contributed by atoms with Gasteiger partial charge < -0.3 is 4.42 Å². The summed E-state index contributed by atoms with van der Waals surface area (Å²) in [5.41, 5.74) is 1.59. The number of urea groups is 1. The van der Waals surface area contributed by atoms with E-state index in [1.54, 1.807) is 13.1 Å². The zero-order chi connectivity index (χ0) is 18.1. The largest absolute Gasteiger partial charge is 0.439 e. The molecule has 1 aromatic heterocycles. The second-order valence-corrected chi connectivity index (χ2v) is 6.07. The van der Waals surface area contributed by atoms with Gasteiger partial charge in [0.2, 0.25) is 5.89 Å². The van der Waals surface area contributed by atoms with E-state index in [0.717, 1.165) is 5.56 Å². The van der Waals surface area contributed by atoms with Gasteiger partial charge in [0.15, 0.2) is 5.76 Å². The molecule has 0 spiro atoms. The molecule has 1 aliphatic heterocycles. The number of oxazole rings is 1. The summed E-state index contributed by atoms with van der Waals surface area (Å²) in [4.78, 5) is 32.2. The minimum Gasteiger partial charge on any atom is -0.439 e. The molecule has 0 N–H and O–H groups in total. The maximum atomic E-state index is 12.8. The maximum absolute atomic E-state index is 12.8. The number of benzene rings is 2. The highest BCUT2D eigenvalue weighted by atomic mass is 16.4. The second-order valence-electron chi connectivity index (χ2n) is 6.07. The third-order valence-electron chi connectivity index (χ3n) is 4.39. The molecule has 2 heterocycles. The second kappa shape index (κ2) is 6.48. The first-order valence-electron chi connectivity index (χ1n) is 8.35. The molecule has 6 heteroatoms. The van der Waals surface area contributed by atoms with E-state index in [0.29, 0.717) is 17.3 Å². The molecule has 4 rings (SSSR count). The topological polar surface area (TPSA) is 66.7 Å². The first kappa shape index (κ1) is 16.1. The fraction of sp³-hybridized carbons (Fsp3) is 0.150. The molecular formula is C20H17N3O3. The molecule has 130 valence electrons. The molecule has 1 fully saturated rings. The fourth-order valence-corrected chi connectivity index (χ4v) is 3.05. The number of para-hydroxylation sites is 1.